The van der Waals surface area contributed by atoms with E-state index in [4.69, 9.17) is 4.18 Å². The van der Waals surface area contributed by atoms with Gasteiger partial charge in [0.15, 0.2) is 5.60 Å². The van der Waals surface area contributed by atoms with E-state index in [2.05, 4.69) is 0 Å². The van der Waals surface area contributed by atoms with Gasteiger partial charge in [0.1, 0.15) is 16.4 Å². The van der Waals surface area contributed by atoms with Crippen LogP contribution in [0.25, 0.3) is 0 Å². The Kier molecular flexibility index (Phi) is 5.38. The van der Waals surface area contributed by atoms with Crippen molar-refractivity contribution in [3.8, 4) is 11.5 Å². The van der Waals surface area contributed by atoms with Crippen LogP contribution >= 0.6 is 0 Å². The quantitative estimate of drug-likeness (QED) is 0.505. The van der Waals surface area contributed by atoms with Gasteiger partial charge in [-0.05, 0) is 43.2 Å². The minimum atomic E-state index is -4.09. The monoisotopic (exact) mass is 406 g/mol. The summed E-state index contributed by atoms with van der Waals surface area (Å²) in [5.41, 5.74) is 0.803. The van der Waals surface area contributed by atoms with Crippen molar-refractivity contribution in [3.63, 3.8) is 0 Å². The van der Waals surface area contributed by atoms with Gasteiger partial charge >= 0.3 is 29.6 Å². The van der Waals surface area contributed by atoms with E-state index in [1.54, 1.807) is 54.6 Å². The summed E-state index contributed by atoms with van der Waals surface area (Å²) >= 11 is 0. The second-order valence-corrected chi connectivity index (χ2v) is 8.27. The Morgan fingerprint density at radius 2 is 1.29 bits per heavy atom. The summed E-state index contributed by atoms with van der Waals surface area (Å²) in [5.74, 6) is -0.219. The molecule has 1 aliphatic heterocycles. The summed E-state index contributed by atoms with van der Waals surface area (Å²) < 4.78 is 31.2. The molecule has 5 nitrogen and oxygen atoms in total. The fourth-order valence-electron chi connectivity index (χ4n) is 3.63. The molecule has 0 radical (unpaired) electrons. The van der Waals surface area contributed by atoms with Crippen LogP contribution in [-0.4, -0.2) is 48.2 Å². The molecule has 3 aromatic carbocycles. The van der Waals surface area contributed by atoms with E-state index in [-0.39, 0.29) is 57.1 Å². The van der Waals surface area contributed by atoms with Gasteiger partial charge in [0.25, 0.3) is 10.1 Å². The van der Waals surface area contributed by atoms with Crippen LogP contribution in [0, 0.1) is 13.8 Å². The van der Waals surface area contributed by atoms with Crippen molar-refractivity contribution in [2.75, 3.05) is 0 Å². The van der Waals surface area contributed by atoms with Crippen LogP contribution in [0.4, 0.5) is 0 Å². The number of fused-ring (bicyclic) bond motifs is 1. The van der Waals surface area contributed by atoms with Crippen LogP contribution in [0.15, 0.2) is 65.6 Å². The molecular weight excluding hydrogens is 387 g/mol. The van der Waals surface area contributed by atoms with Crippen LogP contribution in [0.3, 0.4) is 0 Å². The molecule has 0 fully saturated rings. The van der Waals surface area contributed by atoms with Crippen LogP contribution < -0.4 is 0 Å². The van der Waals surface area contributed by atoms with E-state index in [0.29, 0.717) is 5.56 Å². The normalized spacial score (nSPS) is 16.2. The van der Waals surface area contributed by atoms with Gasteiger partial charge in [-0.1, -0.05) is 42.5 Å². The average Bonchev–Trinajstić information content (AvgIpc) is 2.84. The molecule has 2 N–H and O–H groups in total. The number of hydrogen-bond acceptors (Lipinski definition) is 5. The van der Waals surface area contributed by atoms with E-state index in [1.165, 1.54) is 6.07 Å². The Bertz CT molecular complexity index is 1120. The van der Waals surface area contributed by atoms with Gasteiger partial charge in [-0.3, -0.25) is 0 Å². The Morgan fingerprint density at radius 1 is 0.786 bits per heavy atom. The van der Waals surface area contributed by atoms with Gasteiger partial charge in [0, 0.05) is 16.7 Å². The van der Waals surface area contributed by atoms with Crippen molar-refractivity contribution in [3.05, 3.63) is 88.5 Å². The van der Waals surface area contributed by atoms with Crippen molar-refractivity contribution in [1.29, 1.82) is 0 Å². The number of rotatable bonds is 2. The summed E-state index contributed by atoms with van der Waals surface area (Å²) in [4.78, 5) is 0.0185. The molecule has 4 rings (SSSR count). The Balaban J connectivity index is 0.00000225. The second kappa shape index (κ2) is 7.21. The fourth-order valence-corrected chi connectivity index (χ4v) is 5.05. The molecule has 1 heterocycles. The third kappa shape index (κ3) is 3.06. The SMILES string of the molecule is Cc1ccc(C2(c3ccc(C)cc3O)OS(=O)(=O)c3ccccc32)c(O)c1.[NaH]. The van der Waals surface area contributed by atoms with E-state index in [0.717, 1.165) is 11.1 Å². The predicted octanol–water partition coefficient (Wildman–Crippen LogP) is 3.08. The van der Waals surface area contributed by atoms with Gasteiger partial charge in [0.05, 0.1) is 0 Å². The molecule has 0 bridgehead atoms. The average molecular weight is 406 g/mol. The molecular formula is C21H19NaO5S. The zero-order valence-electron chi connectivity index (χ0n) is 14.8. The third-order valence-corrected chi connectivity index (χ3v) is 6.20. The number of hydrogen-bond donors (Lipinski definition) is 2. The van der Waals surface area contributed by atoms with Crippen molar-refractivity contribution < 1.29 is 22.8 Å². The van der Waals surface area contributed by atoms with Crippen molar-refractivity contribution >= 4 is 39.7 Å². The van der Waals surface area contributed by atoms with E-state index in [9.17, 15) is 18.6 Å². The van der Waals surface area contributed by atoms with Gasteiger partial charge in [-0.15, -0.1) is 0 Å². The minimum absolute atomic E-state index is 0. The molecule has 0 saturated heterocycles. The zero-order chi connectivity index (χ0) is 19.4. The molecule has 3 aromatic rings. The van der Waals surface area contributed by atoms with Crippen LogP contribution in [-0.2, 0) is 19.9 Å². The molecule has 0 unspecified atom stereocenters. The zero-order valence-corrected chi connectivity index (χ0v) is 15.6. The molecule has 7 heteroatoms. The summed E-state index contributed by atoms with van der Waals surface area (Å²) in [6, 6.07) is 16.3. The molecule has 1 aliphatic rings. The summed E-state index contributed by atoms with van der Waals surface area (Å²) in [6.45, 7) is 3.64. The number of phenols is 2. The Hall–Kier alpha value is -1.83. The third-order valence-electron chi connectivity index (χ3n) is 4.84. The topological polar surface area (TPSA) is 83.8 Å². The number of aromatic hydroxyl groups is 2. The first-order valence-corrected chi connectivity index (χ1v) is 9.82. The first kappa shape index (κ1) is 20.9. The molecule has 0 saturated carbocycles. The first-order chi connectivity index (χ1) is 12.8. The first-order valence-electron chi connectivity index (χ1n) is 8.41. The Morgan fingerprint density at radius 3 is 1.79 bits per heavy atom. The van der Waals surface area contributed by atoms with E-state index >= 15 is 0 Å². The molecule has 140 valence electrons. The van der Waals surface area contributed by atoms with E-state index < -0.39 is 15.7 Å². The van der Waals surface area contributed by atoms with Crippen LogP contribution in [0.5, 0.6) is 11.5 Å². The van der Waals surface area contributed by atoms with Crippen LogP contribution in [0.2, 0.25) is 0 Å². The Labute approximate surface area is 186 Å². The van der Waals surface area contributed by atoms with Crippen LogP contribution in [0.1, 0.15) is 27.8 Å². The predicted molar refractivity (Wildman–Crippen MR) is 107 cm³/mol. The van der Waals surface area contributed by atoms with Gasteiger partial charge in [-0.2, -0.15) is 8.42 Å². The van der Waals surface area contributed by atoms with Crippen molar-refractivity contribution in [2.24, 2.45) is 0 Å². The molecule has 0 amide bonds. The fraction of sp³-hybridized carbons (Fsp3) is 0.143. The molecule has 28 heavy (non-hydrogen) atoms. The summed E-state index contributed by atoms with van der Waals surface area (Å²) in [5, 5.41) is 21.3. The van der Waals surface area contributed by atoms with Crippen molar-refractivity contribution in [2.45, 2.75) is 24.3 Å². The maximum atomic E-state index is 12.8. The van der Waals surface area contributed by atoms with E-state index in [1.807, 2.05) is 13.8 Å². The molecule has 0 atom stereocenters. The maximum absolute atomic E-state index is 12.8. The summed E-state index contributed by atoms with van der Waals surface area (Å²) in [7, 11) is -4.09. The standard InChI is InChI=1S/C21H18O5S.Na.H/c1-13-7-9-15(18(22)11-13)21(16-10-8-14(2)12-19(16)23)17-5-3-4-6-20(17)27(24,25)26-21;;/h3-12,22-23H,1-2H3;;. The number of aryl methyl sites for hydroxylation is 2. The summed E-state index contributed by atoms with van der Waals surface area (Å²) in [6.07, 6.45) is 0. The van der Waals surface area contributed by atoms with Gasteiger partial charge in [-0.25, -0.2) is 4.18 Å². The molecule has 0 aromatic heterocycles. The second-order valence-electron chi connectivity index (χ2n) is 6.76. The molecule has 0 aliphatic carbocycles. The van der Waals surface area contributed by atoms with Crippen molar-refractivity contribution in [1.82, 2.24) is 0 Å². The number of benzene rings is 3. The van der Waals surface area contributed by atoms with Gasteiger partial charge in [0.2, 0.25) is 0 Å². The van der Waals surface area contributed by atoms with Gasteiger partial charge < -0.3 is 10.2 Å². The molecule has 0 spiro atoms. The number of phenolic OH excluding ortho intramolecular Hbond substituents is 2.